The fourth-order valence-electron chi connectivity index (χ4n) is 2.71. The summed E-state index contributed by atoms with van der Waals surface area (Å²) in [6.45, 7) is 0. The molecule has 1 N–H and O–H groups in total. The van der Waals surface area contributed by atoms with Crippen LogP contribution in [0.15, 0.2) is 54.6 Å². The minimum Gasteiger partial charge on any atom is -0.377 e. The van der Waals surface area contributed by atoms with Gasteiger partial charge in [-0.3, -0.25) is 9.59 Å². The Morgan fingerprint density at radius 1 is 0.950 bits per heavy atom. The van der Waals surface area contributed by atoms with Crippen molar-refractivity contribution in [2.75, 3.05) is 0 Å². The molecule has 0 aromatic heterocycles. The molecule has 1 aliphatic carbocycles. The van der Waals surface area contributed by atoms with Crippen molar-refractivity contribution in [2.24, 2.45) is 0 Å². The van der Waals surface area contributed by atoms with Crippen LogP contribution in [0.2, 0.25) is 0 Å². The summed E-state index contributed by atoms with van der Waals surface area (Å²) in [5.41, 5.74) is 0.134. The molecule has 0 amide bonds. The van der Waals surface area contributed by atoms with Gasteiger partial charge in [0, 0.05) is 17.5 Å². The standard InChI is InChI=1S/C17H14O3/c18-15-10-16(19)17(20,11-12-6-2-1-3-7-12)14-9-5-4-8-13(14)15/h1-9,20H,10-11H2. The number of rotatable bonds is 2. The average Bonchev–Trinajstić information content (AvgIpc) is 2.47. The van der Waals surface area contributed by atoms with Crippen molar-refractivity contribution in [3.8, 4) is 0 Å². The number of ketones is 2. The molecule has 0 aliphatic heterocycles. The molecule has 2 aromatic carbocycles. The topological polar surface area (TPSA) is 54.4 Å². The van der Waals surface area contributed by atoms with Gasteiger partial charge in [-0.05, 0) is 5.56 Å². The lowest BCUT2D eigenvalue weighted by atomic mass is 9.74. The van der Waals surface area contributed by atoms with Crippen LogP contribution in [-0.4, -0.2) is 16.7 Å². The minimum atomic E-state index is -1.61. The number of carbonyl (C=O) groups is 2. The van der Waals surface area contributed by atoms with E-state index in [1.165, 1.54) is 0 Å². The van der Waals surface area contributed by atoms with Gasteiger partial charge in [0.05, 0.1) is 6.42 Å². The van der Waals surface area contributed by atoms with Crippen LogP contribution in [0, 0.1) is 0 Å². The molecular formula is C17H14O3. The summed E-state index contributed by atoms with van der Waals surface area (Å²) in [7, 11) is 0. The predicted octanol–water partition coefficient (Wildman–Crippen LogP) is 2.27. The van der Waals surface area contributed by atoms with Gasteiger partial charge in [0.2, 0.25) is 0 Å². The zero-order valence-corrected chi connectivity index (χ0v) is 10.9. The monoisotopic (exact) mass is 266 g/mol. The summed E-state index contributed by atoms with van der Waals surface area (Å²) >= 11 is 0. The quantitative estimate of drug-likeness (QED) is 0.848. The molecule has 0 spiro atoms. The van der Waals surface area contributed by atoms with Gasteiger partial charge in [-0.1, -0.05) is 54.6 Å². The highest BCUT2D eigenvalue weighted by molar-refractivity contribution is 6.15. The minimum absolute atomic E-state index is 0.191. The number of hydrogen-bond donors (Lipinski definition) is 1. The van der Waals surface area contributed by atoms with E-state index in [1.54, 1.807) is 24.3 Å². The Labute approximate surface area is 116 Å². The first-order valence-corrected chi connectivity index (χ1v) is 6.53. The van der Waals surface area contributed by atoms with Gasteiger partial charge in [0.1, 0.15) is 0 Å². The van der Waals surface area contributed by atoms with Gasteiger partial charge in [0.15, 0.2) is 17.2 Å². The second-order valence-electron chi connectivity index (χ2n) is 5.09. The van der Waals surface area contributed by atoms with Gasteiger partial charge in [0.25, 0.3) is 0 Å². The summed E-state index contributed by atoms with van der Waals surface area (Å²) in [6, 6.07) is 16.2. The molecule has 3 heteroatoms. The van der Waals surface area contributed by atoms with Crippen LogP contribution in [0.4, 0.5) is 0 Å². The highest BCUT2D eigenvalue weighted by Crippen LogP contribution is 2.35. The van der Waals surface area contributed by atoms with Gasteiger partial charge < -0.3 is 5.11 Å². The van der Waals surface area contributed by atoms with E-state index < -0.39 is 11.4 Å². The highest BCUT2D eigenvalue weighted by atomic mass is 16.3. The molecule has 0 fully saturated rings. The second-order valence-corrected chi connectivity index (χ2v) is 5.09. The summed E-state index contributed by atoms with van der Waals surface area (Å²) in [4.78, 5) is 24.1. The van der Waals surface area contributed by atoms with Crippen LogP contribution in [0.3, 0.4) is 0 Å². The van der Waals surface area contributed by atoms with Crippen molar-refractivity contribution in [1.82, 2.24) is 0 Å². The van der Waals surface area contributed by atoms with Crippen LogP contribution in [0.1, 0.15) is 27.9 Å². The molecule has 0 saturated heterocycles. The first kappa shape index (κ1) is 12.8. The van der Waals surface area contributed by atoms with Gasteiger partial charge >= 0.3 is 0 Å². The van der Waals surface area contributed by atoms with E-state index in [4.69, 9.17) is 0 Å². The second kappa shape index (κ2) is 4.69. The maximum atomic E-state index is 12.2. The summed E-state index contributed by atoms with van der Waals surface area (Å²) in [5.74, 6) is -0.645. The largest absolute Gasteiger partial charge is 0.377 e. The van der Waals surface area contributed by atoms with Crippen molar-refractivity contribution in [2.45, 2.75) is 18.4 Å². The number of fused-ring (bicyclic) bond motifs is 1. The van der Waals surface area contributed by atoms with E-state index in [0.717, 1.165) is 5.56 Å². The summed E-state index contributed by atoms with van der Waals surface area (Å²) < 4.78 is 0. The lowest BCUT2D eigenvalue weighted by Crippen LogP contribution is -2.43. The highest BCUT2D eigenvalue weighted by Gasteiger charge is 2.44. The Kier molecular flexibility index (Phi) is 2.99. The molecule has 3 rings (SSSR count). The number of hydrogen-bond acceptors (Lipinski definition) is 3. The first-order valence-electron chi connectivity index (χ1n) is 6.53. The maximum absolute atomic E-state index is 12.2. The van der Waals surface area contributed by atoms with Crippen LogP contribution in [0.5, 0.6) is 0 Å². The van der Waals surface area contributed by atoms with E-state index in [1.807, 2.05) is 30.3 Å². The van der Waals surface area contributed by atoms with E-state index >= 15 is 0 Å². The maximum Gasteiger partial charge on any atom is 0.176 e. The third kappa shape index (κ3) is 1.96. The Bertz CT molecular complexity index is 676. The molecule has 1 atom stereocenters. The molecule has 0 bridgehead atoms. The normalized spacial score (nSPS) is 21.6. The fraction of sp³-hybridized carbons (Fsp3) is 0.176. The average molecular weight is 266 g/mol. The fourth-order valence-corrected chi connectivity index (χ4v) is 2.71. The van der Waals surface area contributed by atoms with Crippen LogP contribution in [0.25, 0.3) is 0 Å². The molecule has 3 nitrogen and oxygen atoms in total. The number of carbonyl (C=O) groups excluding carboxylic acids is 2. The molecule has 0 saturated carbocycles. The van der Waals surface area contributed by atoms with Crippen molar-refractivity contribution >= 4 is 11.6 Å². The molecule has 20 heavy (non-hydrogen) atoms. The Hall–Kier alpha value is -2.26. The Morgan fingerprint density at radius 3 is 2.35 bits per heavy atom. The molecule has 0 radical (unpaired) electrons. The number of Topliss-reactive ketones (excluding diaryl/α,β-unsaturated/α-hetero) is 2. The third-order valence-corrected chi connectivity index (χ3v) is 3.76. The summed E-state index contributed by atoms with van der Waals surface area (Å²) in [6.07, 6.45) is -0.0443. The van der Waals surface area contributed by atoms with Gasteiger partial charge in [-0.2, -0.15) is 0 Å². The first-order chi connectivity index (χ1) is 9.61. The third-order valence-electron chi connectivity index (χ3n) is 3.76. The van der Waals surface area contributed by atoms with E-state index in [2.05, 4.69) is 0 Å². The van der Waals surface area contributed by atoms with E-state index in [9.17, 15) is 14.7 Å². The number of aliphatic hydroxyl groups is 1. The molecule has 1 unspecified atom stereocenters. The van der Waals surface area contributed by atoms with Crippen LogP contribution < -0.4 is 0 Å². The zero-order valence-electron chi connectivity index (χ0n) is 10.9. The Morgan fingerprint density at radius 2 is 1.60 bits per heavy atom. The smallest absolute Gasteiger partial charge is 0.176 e. The summed E-state index contributed by atoms with van der Waals surface area (Å²) in [5, 5.41) is 10.9. The molecule has 0 heterocycles. The van der Waals surface area contributed by atoms with E-state index in [-0.39, 0.29) is 18.6 Å². The lowest BCUT2D eigenvalue weighted by Gasteiger charge is -2.32. The Balaban J connectivity index is 2.09. The molecule has 2 aromatic rings. The van der Waals surface area contributed by atoms with Crippen molar-refractivity contribution in [3.63, 3.8) is 0 Å². The zero-order chi connectivity index (χ0) is 14.2. The van der Waals surface area contributed by atoms with Crippen LogP contribution in [-0.2, 0) is 16.8 Å². The molecular weight excluding hydrogens is 252 g/mol. The van der Waals surface area contributed by atoms with Gasteiger partial charge in [-0.15, -0.1) is 0 Å². The SMILES string of the molecule is O=C1CC(=O)C(O)(Cc2ccccc2)c2ccccc21. The lowest BCUT2D eigenvalue weighted by molar-refractivity contribution is -0.138. The van der Waals surface area contributed by atoms with E-state index in [0.29, 0.717) is 11.1 Å². The van der Waals surface area contributed by atoms with Crippen LogP contribution >= 0.6 is 0 Å². The van der Waals surface area contributed by atoms with Crippen molar-refractivity contribution in [3.05, 3.63) is 71.3 Å². The van der Waals surface area contributed by atoms with Gasteiger partial charge in [-0.25, -0.2) is 0 Å². The van der Waals surface area contributed by atoms with Crippen molar-refractivity contribution in [1.29, 1.82) is 0 Å². The molecule has 100 valence electrons. The molecule has 1 aliphatic rings. The number of benzene rings is 2. The predicted molar refractivity (Wildman–Crippen MR) is 74.4 cm³/mol. The van der Waals surface area contributed by atoms with Crippen molar-refractivity contribution < 1.29 is 14.7 Å².